The molecular weight excluding hydrogens is 345 g/mol. The van der Waals surface area contributed by atoms with Crippen LogP contribution >= 0.6 is 0 Å². The lowest BCUT2D eigenvalue weighted by molar-refractivity contribution is 0.384. The summed E-state index contributed by atoms with van der Waals surface area (Å²) in [7, 11) is 0. The predicted octanol–water partition coefficient (Wildman–Crippen LogP) is 4.19. The van der Waals surface area contributed by atoms with Gasteiger partial charge in [-0.15, -0.1) is 0 Å². The van der Waals surface area contributed by atoms with E-state index in [0.717, 1.165) is 24.8 Å². The molecule has 1 aliphatic carbocycles. The Morgan fingerprint density at radius 3 is 2.52 bits per heavy atom. The van der Waals surface area contributed by atoms with Crippen molar-refractivity contribution in [3.8, 4) is 28.8 Å². The van der Waals surface area contributed by atoms with E-state index in [0.29, 0.717) is 17.0 Å². The summed E-state index contributed by atoms with van der Waals surface area (Å²) in [6.07, 6.45) is 7.36. The zero-order valence-electron chi connectivity index (χ0n) is 14.4. The maximum atomic E-state index is 15.4. The summed E-state index contributed by atoms with van der Waals surface area (Å²) >= 11 is 0. The van der Waals surface area contributed by atoms with Gasteiger partial charge in [-0.1, -0.05) is 12.5 Å². The van der Waals surface area contributed by atoms with Crippen LogP contribution in [0.4, 0.5) is 10.2 Å². The smallest absolute Gasteiger partial charge is 0.175 e. The molecule has 134 valence electrons. The fourth-order valence-electron chi connectivity index (χ4n) is 3.02. The Kier molecular flexibility index (Phi) is 4.38. The highest BCUT2D eigenvalue weighted by Crippen LogP contribution is 2.44. The van der Waals surface area contributed by atoms with Crippen molar-refractivity contribution in [1.82, 2.24) is 15.0 Å². The van der Waals surface area contributed by atoms with Crippen LogP contribution in [0.2, 0.25) is 0 Å². The summed E-state index contributed by atoms with van der Waals surface area (Å²) < 4.78 is 21.2. The third-order valence-corrected chi connectivity index (χ3v) is 4.69. The number of hydrogen-bond donors (Lipinski definition) is 1. The number of benzene rings is 1. The third-order valence-electron chi connectivity index (χ3n) is 4.69. The van der Waals surface area contributed by atoms with Gasteiger partial charge in [-0.2, -0.15) is 5.26 Å². The molecule has 1 aromatic carbocycles. The Hall–Kier alpha value is -3.53. The minimum absolute atomic E-state index is 0.169. The van der Waals surface area contributed by atoms with Gasteiger partial charge in [0.15, 0.2) is 11.6 Å². The molecule has 2 aromatic heterocycles. The van der Waals surface area contributed by atoms with Gasteiger partial charge in [0.2, 0.25) is 0 Å². The van der Waals surface area contributed by atoms with Crippen LogP contribution in [0.3, 0.4) is 0 Å². The van der Waals surface area contributed by atoms with E-state index in [2.05, 4.69) is 15.0 Å². The van der Waals surface area contributed by atoms with Crippen molar-refractivity contribution in [3.63, 3.8) is 0 Å². The quantitative estimate of drug-likeness (QED) is 0.748. The van der Waals surface area contributed by atoms with Crippen molar-refractivity contribution in [2.24, 2.45) is 0 Å². The van der Waals surface area contributed by atoms with Gasteiger partial charge in [0.05, 0.1) is 24.3 Å². The predicted molar refractivity (Wildman–Crippen MR) is 97.5 cm³/mol. The molecule has 0 saturated heterocycles. The van der Waals surface area contributed by atoms with Gasteiger partial charge < -0.3 is 10.5 Å². The SMILES string of the molecule is N#Cc1ccc(Oc2c(C3CCC3)ccc(-c3cnc(N)cn3)c2F)cn1. The molecule has 0 bridgehead atoms. The van der Waals surface area contributed by atoms with E-state index >= 15 is 4.39 Å². The molecule has 4 rings (SSSR count). The number of ether oxygens (including phenoxy) is 1. The maximum Gasteiger partial charge on any atom is 0.175 e. The third kappa shape index (κ3) is 3.29. The van der Waals surface area contributed by atoms with E-state index in [1.54, 1.807) is 12.1 Å². The Balaban J connectivity index is 1.77. The van der Waals surface area contributed by atoms with Crippen LogP contribution in [0.1, 0.15) is 36.4 Å². The van der Waals surface area contributed by atoms with Gasteiger partial charge >= 0.3 is 0 Å². The number of halogens is 1. The average Bonchev–Trinajstić information content (AvgIpc) is 2.65. The monoisotopic (exact) mass is 361 g/mol. The molecule has 0 aliphatic heterocycles. The van der Waals surface area contributed by atoms with Crippen molar-refractivity contribution < 1.29 is 9.13 Å². The van der Waals surface area contributed by atoms with Crippen LogP contribution < -0.4 is 10.5 Å². The number of anilines is 1. The minimum atomic E-state index is -0.497. The topological polar surface area (TPSA) is 97.7 Å². The summed E-state index contributed by atoms with van der Waals surface area (Å²) in [4.78, 5) is 12.1. The first-order chi connectivity index (χ1) is 13.2. The van der Waals surface area contributed by atoms with Crippen molar-refractivity contribution in [1.29, 1.82) is 5.26 Å². The molecule has 1 aliphatic rings. The van der Waals surface area contributed by atoms with Crippen molar-refractivity contribution in [2.45, 2.75) is 25.2 Å². The Morgan fingerprint density at radius 2 is 1.93 bits per heavy atom. The summed E-state index contributed by atoms with van der Waals surface area (Å²) in [6.45, 7) is 0. The van der Waals surface area contributed by atoms with E-state index < -0.39 is 5.82 Å². The van der Waals surface area contributed by atoms with Crippen LogP contribution in [-0.2, 0) is 0 Å². The number of hydrogen-bond acceptors (Lipinski definition) is 6. The summed E-state index contributed by atoms with van der Waals surface area (Å²) in [5, 5.41) is 8.87. The van der Waals surface area contributed by atoms with Gasteiger partial charge in [-0.3, -0.25) is 4.98 Å². The van der Waals surface area contributed by atoms with Crippen molar-refractivity contribution in [2.75, 3.05) is 5.73 Å². The first-order valence-corrected chi connectivity index (χ1v) is 8.60. The van der Waals surface area contributed by atoms with Crippen molar-refractivity contribution >= 4 is 5.82 Å². The lowest BCUT2D eigenvalue weighted by Crippen LogP contribution is -2.11. The zero-order chi connectivity index (χ0) is 18.8. The molecule has 0 spiro atoms. The van der Waals surface area contributed by atoms with Gasteiger partial charge in [-0.25, -0.2) is 14.4 Å². The number of nitriles is 1. The molecule has 1 saturated carbocycles. The standard InChI is InChI=1S/C20H16FN5O/c21-19-16(17-10-26-18(23)11-25-17)7-6-15(12-2-1-3-12)20(19)27-14-5-4-13(8-22)24-9-14/h4-7,9-12H,1-3H2,(H2,23,26). The van der Waals surface area contributed by atoms with Crippen LogP contribution in [0, 0.1) is 17.1 Å². The molecule has 3 aromatic rings. The number of pyridine rings is 1. The lowest BCUT2D eigenvalue weighted by atomic mass is 9.79. The fourth-order valence-corrected chi connectivity index (χ4v) is 3.02. The number of aromatic nitrogens is 3. The first kappa shape index (κ1) is 16.9. The van der Waals surface area contributed by atoms with Crippen LogP contribution in [0.15, 0.2) is 42.9 Å². The molecule has 6 nitrogen and oxygen atoms in total. The molecule has 0 unspecified atom stereocenters. The number of rotatable bonds is 4. The summed E-state index contributed by atoms with van der Waals surface area (Å²) in [5.74, 6) is 0.581. The summed E-state index contributed by atoms with van der Waals surface area (Å²) in [6, 6.07) is 8.67. The normalized spacial score (nSPS) is 13.6. The van der Waals surface area contributed by atoms with Crippen LogP contribution in [0.25, 0.3) is 11.3 Å². The fraction of sp³-hybridized carbons (Fsp3) is 0.200. The molecule has 7 heteroatoms. The lowest BCUT2D eigenvalue weighted by Gasteiger charge is -2.28. The van der Waals surface area contributed by atoms with Crippen LogP contribution in [-0.4, -0.2) is 15.0 Å². The minimum Gasteiger partial charge on any atom is -0.452 e. The number of nitrogen functional groups attached to an aromatic ring is 1. The second kappa shape index (κ2) is 7.00. The van der Waals surface area contributed by atoms with Gasteiger partial charge in [-0.05, 0) is 37.0 Å². The second-order valence-corrected chi connectivity index (χ2v) is 6.39. The highest BCUT2D eigenvalue weighted by atomic mass is 19.1. The van der Waals surface area contributed by atoms with Gasteiger partial charge in [0.1, 0.15) is 23.3 Å². The van der Waals surface area contributed by atoms with E-state index in [9.17, 15) is 0 Å². The summed E-state index contributed by atoms with van der Waals surface area (Å²) in [5.41, 5.74) is 7.34. The largest absolute Gasteiger partial charge is 0.452 e. The van der Waals surface area contributed by atoms with E-state index in [1.807, 2.05) is 12.1 Å². The molecule has 2 heterocycles. The number of nitrogens with two attached hydrogens (primary N) is 1. The Labute approximate surface area is 155 Å². The molecule has 0 atom stereocenters. The molecule has 1 fully saturated rings. The maximum absolute atomic E-state index is 15.4. The van der Waals surface area contributed by atoms with E-state index in [1.165, 1.54) is 24.7 Å². The Morgan fingerprint density at radius 1 is 1.07 bits per heavy atom. The van der Waals surface area contributed by atoms with Gasteiger partial charge in [0.25, 0.3) is 0 Å². The molecular formula is C20H16FN5O. The van der Waals surface area contributed by atoms with E-state index in [4.69, 9.17) is 15.7 Å². The Bertz CT molecular complexity index is 1010. The van der Waals surface area contributed by atoms with Crippen molar-refractivity contribution in [3.05, 3.63) is 59.9 Å². The second-order valence-electron chi connectivity index (χ2n) is 6.39. The van der Waals surface area contributed by atoms with E-state index in [-0.39, 0.29) is 23.2 Å². The first-order valence-electron chi connectivity index (χ1n) is 8.60. The number of nitrogens with zero attached hydrogens (tertiary/aromatic N) is 4. The zero-order valence-corrected chi connectivity index (χ0v) is 14.4. The average molecular weight is 361 g/mol. The van der Waals surface area contributed by atoms with Crippen LogP contribution in [0.5, 0.6) is 11.5 Å². The molecule has 0 radical (unpaired) electrons. The molecule has 0 amide bonds. The van der Waals surface area contributed by atoms with Gasteiger partial charge in [0, 0.05) is 11.1 Å². The highest BCUT2D eigenvalue weighted by molar-refractivity contribution is 5.64. The molecule has 2 N–H and O–H groups in total. The molecule has 27 heavy (non-hydrogen) atoms. The highest BCUT2D eigenvalue weighted by Gasteiger charge is 2.27.